The maximum absolute atomic E-state index is 13.8. The number of carbonyl (C=O) groups is 1. The van der Waals surface area contributed by atoms with Crippen molar-refractivity contribution in [1.82, 2.24) is 9.88 Å². The highest BCUT2D eigenvalue weighted by Gasteiger charge is 2.44. The maximum atomic E-state index is 13.8. The van der Waals surface area contributed by atoms with Crippen molar-refractivity contribution in [2.45, 2.75) is 56.3 Å². The number of benzene rings is 1. The molecule has 2 fully saturated rings. The van der Waals surface area contributed by atoms with Crippen LogP contribution in [0.1, 0.15) is 61.4 Å². The van der Waals surface area contributed by atoms with Crippen LogP contribution in [0.5, 0.6) is 0 Å². The minimum Gasteiger partial charge on any atom is -0.341 e. The van der Waals surface area contributed by atoms with E-state index in [0.29, 0.717) is 11.8 Å². The number of likely N-dealkylation sites (tertiary alicyclic amines) is 1. The minimum absolute atomic E-state index is 0.306. The van der Waals surface area contributed by atoms with Gasteiger partial charge in [-0.15, -0.1) is 11.3 Å². The summed E-state index contributed by atoms with van der Waals surface area (Å²) in [6.07, 6.45) is 9.37. The molecule has 3 nitrogen and oxygen atoms in total. The van der Waals surface area contributed by atoms with Crippen molar-refractivity contribution < 1.29 is 4.79 Å². The fourth-order valence-electron chi connectivity index (χ4n) is 4.67. The summed E-state index contributed by atoms with van der Waals surface area (Å²) in [5.41, 5.74) is 0.708. The molecule has 0 spiro atoms. The molecule has 138 valence electrons. The number of nitrogens with zero attached hydrogens (tertiary/aromatic N) is 2. The van der Waals surface area contributed by atoms with Crippen LogP contribution in [0.4, 0.5) is 0 Å². The molecule has 1 saturated carbocycles. The lowest BCUT2D eigenvalue weighted by molar-refractivity contribution is -0.140. The van der Waals surface area contributed by atoms with Crippen molar-refractivity contribution in [3.63, 3.8) is 0 Å². The highest BCUT2D eigenvalue weighted by Crippen LogP contribution is 2.43. The van der Waals surface area contributed by atoms with E-state index in [0.717, 1.165) is 62.2 Å². The number of thiazole rings is 1. The van der Waals surface area contributed by atoms with Crippen LogP contribution in [0.15, 0.2) is 35.8 Å². The number of carbonyl (C=O) groups excluding carboxylic acids is 1. The first-order valence-corrected chi connectivity index (χ1v) is 10.9. The summed E-state index contributed by atoms with van der Waals surface area (Å²) in [6.45, 7) is 1.66. The molecular formula is C21H25ClN2OS. The molecule has 2 heterocycles. The molecule has 2 aromatic rings. The van der Waals surface area contributed by atoms with E-state index in [4.69, 9.17) is 11.6 Å². The molecule has 1 saturated heterocycles. The Morgan fingerprint density at radius 1 is 1.23 bits per heavy atom. The van der Waals surface area contributed by atoms with Gasteiger partial charge in [0.05, 0.1) is 10.4 Å². The third-order valence-corrected chi connectivity index (χ3v) is 7.18. The molecule has 5 heteroatoms. The lowest BCUT2D eigenvalue weighted by Gasteiger charge is -2.42. The molecule has 1 aliphatic carbocycles. The SMILES string of the molecule is O=C(N1CCCC(c2nccs2)C1)C1(c2cccc(Cl)c2)CCCCC1. The minimum atomic E-state index is -0.395. The van der Waals surface area contributed by atoms with Crippen molar-refractivity contribution in [3.8, 4) is 0 Å². The van der Waals surface area contributed by atoms with Gasteiger partial charge < -0.3 is 4.90 Å². The van der Waals surface area contributed by atoms with Gasteiger partial charge >= 0.3 is 0 Å². The van der Waals surface area contributed by atoms with E-state index >= 15 is 0 Å². The topological polar surface area (TPSA) is 33.2 Å². The zero-order valence-corrected chi connectivity index (χ0v) is 16.6. The summed E-state index contributed by atoms with van der Waals surface area (Å²) in [5, 5.41) is 3.92. The van der Waals surface area contributed by atoms with Crippen LogP contribution in [0.3, 0.4) is 0 Å². The molecule has 1 unspecified atom stereocenters. The Labute approximate surface area is 164 Å². The summed E-state index contributed by atoms with van der Waals surface area (Å²) in [5.74, 6) is 0.688. The van der Waals surface area contributed by atoms with Gasteiger partial charge in [0.25, 0.3) is 0 Å². The van der Waals surface area contributed by atoms with Crippen molar-refractivity contribution in [1.29, 1.82) is 0 Å². The van der Waals surface area contributed by atoms with Gasteiger partial charge in [-0.25, -0.2) is 4.98 Å². The average molecular weight is 389 g/mol. The lowest BCUT2D eigenvalue weighted by Crippen LogP contribution is -2.51. The molecule has 0 radical (unpaired) electrons. The molecule has 26 heavy (non-hydrogen) atoms. The first-order chi connectivity index (χ1) is 12.7. The summed E-state index contributed by atoms with van der Waals surface area (Å²) in [4.78, 5) is 20.4. The Balaban J connectivity index is 1.62. The van der Waals surface area contributed by atoms with E-state index in [2.05, 4.69) is 16.0 Å². The van der Waals surface area contributed by atoms with E-state index in [1.54, 1.807) is 11.3 Å². The van der Waals surface area contributed by atoms with Gasteiger partial charge in [0.1, 0.15) is 0 Å². The number of rotatable bonds is 3. The van der Waals surface area contributed by atoms with Crippen LogP contribution in [0.25, 0.3) is 0 Å². The maximum Gasteiger partial charge on any atom is 0.233 e. The zero-order chi connectivity index (χ0) is 18.0. The van der Waals surface area contributed by atoms with E-state index in [1.807, 2.05) is 29.8 Å². The average Bonchev–Trinajstić information content (AvgIpc) is 3.23. The molecular weight excluding hydrogens is 364 g/mol. The molecule has 4 rings (SSSR count). The van der Waals surface area contributed by atoms with Gasteiger partial charge in [-0.05, 0) is 43.4 Å². The van der Waals surface area contributed by atoms with Gasteiger partial charge in [0, 0.05) is 35.6 Å². The number of piperidine rings is 1. The molecule has 0 N–H and O–H groups in total. The second-order valence-corrected chi connectivity index (χ2v) is 8.98. The fourth-order valence-corrected chi connectivity index (χ4v) is 5.63. The standard InChI is InChI=1S/C21H25ClN2OS/c22-18-8-4-7-17(14-18)21(9-2-1-3-10-21)20(25)24-12-5-6-16(15-24)19-23-11-13-26-19/h4,7-8,11,13-14,16H,1-3,5-6,9-10,12,15H2. The van der Waals surface area contributed by atoms with E-state index in [-0.39, 0.29) is 0 Å². The summed E-state index contributed by atoms with van der Waals surface area (Å²) >= 11 is 7.99. The quantitative estimate of drug-likeness (QED) is 0.704. The Bertz CT molecular complexity index is 755. The zero-order valence-electron chi connectivity index (χ0n) is 15.0. The van der Waals surface area contributed by atoms with E-state index in [1.165, 1.54) is 11.4 Å². The van der Waals surface area contributed by atoms with Crippen molar-refractivity contribution in [2.75, 3.05) is 13.1 Å². The first kappa shape index (κ1) is 18.0. The first-order valence-electron chi connectivity index (χ1n) is 9.64. The van der Waals surface area contributed by atoms with Gasteiger partial charge in [0.2, 0.25) is 5.91 Å². The van der Waals surface area contributed by atoms with Crippen LogP contribution >= 0.6 is 22.9 Å². The summed E-state index contributed by atoms with van der Waals surface area (Å²) in [6, 6.07) is 7.98. The third kappa shape index (κ3) is 3.41. The lowest BCUT2D eigenvalue weighted by atomic mass is 9.68. The second kappa shape index (κ2) is 7.69. The monoisotopic (exact) mass is 388 g/mol. The van der Waals surface area contributed by atoms with Gasteiger partial charge in [-0.3, -0.25) is 4.79 Å². The molecule has 1 aromatic carbocycles. The van der Waals surface area contributed by atoms with Crippen LogP contribution < -0.4 is 0 Å². The van der Waals surface area contributed by atoms with Crippen molar-refractivity contribution >= 4 is 28.8 Å². The number of amides is 1. The number of hydrogen-bond donors (Lipinski definition) is 0. The molecule has 2 aliphatic rings. The molecule has 1 aromatic heterocycles. The molecule has 1 atom stereocenters. The Hall–Kier alpha value is -1.39. The fraction of sp³-hybridized carbons (Fsp3) is 0.524. The number of hydrogen-bond acceptors (Lipinski definition) is 3. The normalized spacial score (nSPS) is 23.0. The number of halogens is 1. The number of aromatic nitrogens is 1. The smallest absolute Gasteiger partial charge is 0.233 e. The second-order valence-electron chi connectivity index (χ2n) is 7.61. The van der Waals surface area contributed by atoms with Crippen LogP contribution in [-0.2, 0) is 10.2 Å². The Kier molecular flexibility index (Phi) is 5.32. The van der Waals surface area contributed by atoms with Crippen LogP contribution in [-0.4, -0.2) is 28.9 Å². The highest BCUT2D eigenvalue weighted by atomic mass is 35.5. The Morgan fingerprint density at radius 2 is 2.08 bits per heavy atom. The predicted octanol–water partition coefficient (Wildman–Crippen LogP) is 5.40. The predicted molar refractivity (Wildman–Crippen MR) is 107 cm³/mol. The molecule has 0 bridgehead atoms. The summed E-state index contributed by atoms with van der Waals surface area (Å²) < 4.78 is 0. The van der Waals surface area contributed by atoms with Crippen LogP contribution in [0, 0.1) is 0 Å². The van der Waals surface area contributed by atoms with Crippen LogP contribution in [0.2, 0.25) is 5.02 Å². The van der Waals surface area contributed by atoms with Gasteiger partial charge in [-0.1, -0.05) is 43.0 Å². The molecule has 1 aliphatic heterocycles. The van der Waals surface area contributed by atoms with Gasteiger partial charge in [0.15, 0.2) is 0 Å². The molecule has 1 amide bonds. The van der Waals surface area contributed by atoms with Gasteiger partial charge in [-0.2, -0.15) is 0 Å². The van der Waals surface area contributed by atoms with E-state index in [9.17, 15) is 4.79 Å². The largest absolute Gasteiger partial charge is 0.341 e. The third-order valence-electron chi connectivity index (χ3n) is 6.00. The summed E-state index contributed by atoms with van der Waals surface area (Å²) in [7, 11) is 0. The van der Waals surface area contributed by atoms with Crippen molar-refractivity contribution in [2.24, 2.45) is 0 Å². The Morgan fingerprint density at radius 3 is 2.81 bits per heavy atom. The highest BCUT2D eigenvalue weighted by molar-refractivity contribution is 7.09. The van der Waals surface area contributed by atoms with E-state index < -0.39 is 5.41 Å². The van der Waals surface area contributed by atoms with Crippen molar-refractivity contribution in [3.05, 3.63) is 51.4 Å².